The second kappa shape index (κ2) is 5.49. The van der Waals surface area contributed by atoms with Gasteiger partial charge in [0, 0.05) is 12.1 Å². The van der Waals surface area contributed by atoms with Gasteiger partial charge in [-0.1, -0.05) is 0 Å². The average molecular weight is 279 g/mol. The SMILES string of the molecule is O=C(O)c1sccc1OCc1ccc([N+](=O)[O-])cc1. The number of hydrogen-bond donors (Lipinski definition) is 1. The minimum Gasteiger partial charge on any atom is -0.487 e. The summed E-state index contributed by atoms with van der Waals surface area (Å²) in [6, 6.07) is 7.49. The molecular formula is C12H9NO5S. The van der Waals surface area contributed by atoms with Gasteiger partial charge in [-0.05, 0) is 29.1 Å². The molecule has 0 spiro atoms. The molecule has 0 amide bonds. The van der Waals surface area contributed by atoms with Gasteiger partial charge in [-0.3, -0.25) is 10.1 Å². The van der Waals surface area contributed by atoms with E-state index in [1.54, 1.807) is 23.6 Å². The first-order valence-electron chi connectivity index (χ1n) is 5.25. The van der Waals surface area contributed by atoms with Crippen LogP contribution in [0.15, 0.2) is 35.7 Å². The summed E-state index contributed by atoms with van der Waals surface area (Å²) in [5, 5.41) is 21.0. The number of nitro groups is 1. The lowest BCUT2D eigenvalue weighted by Gasteiger charge is -2.05. The molecule has 0 aliphatic rings. The van der Waals surface area contributed by atoms with Crippen molar-refractivity contribution >= 4 is 23.0 Å². The molecule has 2 rings (SSSR count). The second-order valence-electron chi connectivity index (χ2n) is 3.63. The molecule has 7 heteroatoms. The van der Waals surface area contributed by atoms with Gasteiger partial charge in [0.25, 0.3) is 5.69 Å². The van der Waals surface area contributed by atoms with Gasteiger partial charge in [-0.2, -0.15) is 0 Å². The molecule has 1 heterocycles. The van der Waals surface area contributed by atoms with Gasteiger partial charge in [0.2, 0.25) is 0 Å². The van der Waals surface area contributed by atoms with Crippen molar-refractivity contribution in [3.63, 3.8) is 0 Å². The summed E-state index contributed by atoms with van der Waals surface area (Å²) in [5.41, 5.74) is 0.735. The van der Waals surface area contributed by atoms with E-state index in [0.29, 0.717) is 5.75 Å². The molecule has 0 fully saturated rings. The molecule has 0 saturated carbocycles. The van der Waals surface area contributed by atoms with Crippen molar-refractivity contribution < 1.29 is 19.6 Å². The topological polar surface area (TPSA) is 89.7 Å². The van der Waals surface area contributed by atoms with Crippen molar-refractivity contribution in [1.29, 1.82) is 0 Å². The highest BCUT2D eigenvalue weighted by Crippen LogP contribution is 2.25. The van der Waals surface area contributed by atoms with Crippen LogP contribution in [-0.2, 0) is 6.61 Å². The highest BCUT2D eigenvalue weighted by atomic mass is 32.1. The molecule has 98 valence electrons. The zero-order valence-corrected chi connectivity index (χ0v) is 10.4. The molecule has 0 unspecified atom stereocenters. The normalized spacial score (nSPS) is 10.1. The second-order valence-corrected chi connectivity index (χ2v) is 4.55. The minimum atomic E-state index is -1.03. The van der Waals surface area contributed by atoms with Crippen LogP contribution in [0, 0.1) is 10.1 Å². The van der Waals surface area contributed by atoms with Gasteiger partial charge in [-0.25, -0.2) is 4.79 Å². The predicted molar refractivity (Wildman–Crippen MR) is 68.7 cm³/mol. The van der Waals surface area contributed by atoms with E-state index in [1.807, 2.05) is 0 Å². The molecule has 0 atom stereocenters. The van der Waals surface area contributed by atoms with Gasteiger partial charge in [0.1, 0.15) is 12.4 Å². The number of carbonyl (C=O) groups is 1. The smallest absolute Gasteiger partial charge is 0.349 e. The van der Waals surface area contributed by atoms with Gasteiger partial charge >= 0.3 is 5.97 Å². The monoisotopic (exact) mass is 279 g/mol. The lowest BCUT2D eigenvalue weighted by molar-refractivity contribution is -0.384. The first-order chi connectivity index (χ1) is 9.08. The molecule has 19 heavy (non-hydrogen) atoms. The van der Waals surface area contributed by atoms with E-state index in [0.717, 1.165) is 16.9 Å². The number of non-ortho nitro benzene ring substituents is 1. The Bertz CT molecular complexity index is 605. The number of carboxylic acids is 1. The number of thiophene rings is 1. The molecule has 1 aromatic heterocycles. The van der Waals surface area contributed by atoms with Crippen LogP contribution in [0.3, 0.4) is 0 Å². The summed E-state index contributed by atoms with van der Waals surface area (Å²) in [6.07, 6.45) is 0. The van der Waals surface area contributed by atoms with Crippen LogP contribution in [-0.4, -0.2) is 16.0 Å². The molecular weight excluding hydrogens is 270 g/mol. The molecule has 0 aliphatic heterocycles. The molecule has 0 aliphatic carbocycles. The number of nitrogens with zero attached hydrogens (tertiary/aromatic N) is 1. The van der Waals surface area contributed by atoms with Gasteiger partial charge < -0.3 is 9.84 Å². The van der Waals surface area contributed by atoms with Gasteiger partial charge in [-0.15, -0.1) is 11.3 Å². The quantitative estimate of drug-likeness (QED) is 0.671. The van der Waals surface area contributed by atoms with Crippen molar-refractivity contribution in [3.8, 4) is 5.75 Å². The maximum absolute atomic E-state index is 10.9. The standard InChI is InChI=1S/C12H9NO5S/c14-12(15)11-10(5-6-19-11)18-7-8-1-3-9(4-2-8)13(16)17/h1-6H,7H2,(H,14,15). The third kappa shape index (κ3) is 3.08. The lowest BCUT2D eigenvalue weighted by Crippen LogP contribution is -2.00. The highest BCUT2D eigenvalue weighted by molar-refractivity contribution is 7.12. The number of ether oxygens (including phenoxy) is 1. The maximum atomic E-state index is 10.9. The van der Waals surface area contributed by atoms with E-state index in [2.05, 4.69) is 0 Å². The van der Waals surface area contributed by atoms with Crippen LogP contribution in [0.4, 0.5) is 5.69 Å². The third-order valence-electron chi connectivity index (χ3n) is 2.36. The number of rotatable bonds is 5. The predicted octanol–water partition coefficient (Wildman–Crippen LogP) is 2.93. The number of nitro benzene ring substituents is 1. The lowest BCUT2D eigenvalue weighted by atomic mass is 10.2. The highest BCUT2D eigenvalue weighted by Gasteiger charge is 2.13. The fraction of sp³-hybridized carbons (Fsp3) is 0.0833. The van der Waals surface area contributed by atoms with Crippen molar-refractivity contribution in [2.24, 2.45) is 0 Å². The molecule has 6 nitrogen and oxygen atoms in total. The number of benzene rings is 1. The Kier molecular flexibility index (Phi) is 3.76. The van der Waals surface area contributed by atoms with Crippen LogP contribution in [0.5, 0.6) is 5.75 Å². The zero-order chi connectivity index (χ0) is 13.8. The molecule has 0 radical (unpaired) electrons. The fourth-order valence-corrected chi connectivity index (χ4v) is 2.11. The number of aromatic carboxylic acids is 1. The van der Waals surface area contributed by atoms with Crippen molar-refractivity contribution in [2.75, 3.05) is 0 Å². The molecule has 0 saturated heterocycles. The molecule has 2 aromatic rings. The number of carboxylic acid groups (broad SMARTS) is 1. The van der Waals surface area contributed by atoms with Crippen LogP contribution in [0.1, 0.15) is 15.2 Å². The minimum absolute atomic E-state index is 0.00510. The summed E-state index contributed by atoms with van der Waals surface area (Å²) >= 11 is 1.09. The summed E-state index contributed by atoms with van der Waals surface area (Å²) in [5.74, 6) is -0.732. The third-order valence-corrected chi connectivity index (χ3v) is 3.25. The Balaban J connectivity index is 2.04. The zero-order valence-electron chi connectivity index (χ0n) is 9.61. The summed E-state index contributed by atoms with van der Waals surface area (Å²) < 4.78 is 5.38. The van der Waals surface area contributed by atoms with E-state index in [4.69, 9.17) is 9.84 Å². The first kappa shape index (κ1) is 13.0. The Morgan fingerprint density at radius 3 is 2.58 bits per heavy atom. The Morgan fingerprint density at radius 1 is 1.32 bits per heavy atom. The van der Waals surface area contributed by atoms with Crippen molar-refractivity contribution in [2.45, 2.75) is 6.61 Å². The van der Waals surface area contributed by atoms with E-state index in [9.17, 15) is 14.9 Å². The average Bonchev–Trinajstić information content (AvgIpc) is 2.85. The maximum Gasteiger partial charge on any atom is 0.349 e. The van der Waals surface area contributed by atoms with E-state index in [1.165, 1.54) is 12.1 Å². The molecule has 0 bridgehead atoms. The van der Waals surface area contributed by atoms with E-state index >= 15 is 0 Å². The van der Waals surface area contributed by atoms with E-state index in [-0.39, 0.29) is 17.2 Å². The van der Waals surface area contributed by atoms with Crippen LogP contribution in [0.25, 0.3) is 0 Å². The Labute approximate surface area is 112 Å². The first-order valence-corrected chi connectivity index (χ1v) is 6.13. The largest absolute Gasteiger partial charge is 0.487 e. The summed E-state index contributed by atoms with van der Waals surface area (Å²) in [4.78, 5) is 21.0. The summed E-state index contributed by atoms with van der Waals surface area (Å²) in [7, 11) is 0. The van der Waals surface area contributed by atoms with Crippen LogP contribution >= 0.6 is 11.3 Å². The van der Waals surface area contributed by atoms with Crippen molar-refractivity contribution in [1.82, 2.24) is 0 Å². The summed E-state index contributed by atoms with van der Waals surface area (Å²) in [6.45, 7) is 0.162. The van der Waals surface area contributed by atoms with Crippen LogP contribution in [0.2, 0.25) is 0 Å². The fourth-order valence-electron chi connectivity index (χ4n) is 1.44. The van der Waals surface area contributed by atoms with E-state index < -0.39 is 10.9 Å². The van der Waals surface area contributed by atoms with Crippen LogP contribution < -0.4 is 4.74 Å². The number of hydrogen-bond acceptors (Lipinski definition) is 5. The van der Waals surface area contributed by atoms with Gasteiger partial charge in [0.15, 0.2) is 4.88 Å². The molecule has 1 aromatic carbocycles. The molecule has 1 N–H and O–H groups in total. The van der Waals surface area contributed by atoms with Crippen molar-refractivity contribution in [3.05, 3.63) is 56.3 Å². The van der Waals surface area contributed by atoms with Gasteiger partial charge in [0.05, 0.1) is 4.92 Å². The Hall–Kier alpha value is -2.41. The Morgan fingerprint density at radius 2 is 2.00 bits per heavy atom.